The highest BCUT2D eigenvalue weighted by molar-refractivity contribution is 7.16. The summed E-state index contributed by atoms with van der Waals surface area (Å²) >= 11 is 1.51. The zero-order valence-corrected chi connectivity index (χ0v) is 11.1. The quantitative estimate of drug-likeness (QED) is 0.504. The number of nitrogens with two attached hydrogens (primary N) is 1. The summed E-state index contributed by atoms with van der Waals surface area (Å²) in [6.07, 6.45) is 0. The monoisotopic (exact) mass is 282 g/mol. The molecule has 6 nitrogen and oxygen atoms in total. The molecular weight excluding hydrogens is 272 g/mol. The smallest absolute Gasteiger partial charge is 0.240 e. The molecule has 0 spiro atoms. The van der Waals surface area contributed by atoms with Crippen LogP contribution in [0, 0.1) is 11.3 Å². The molecule has 0 atom stereocenters. The van der Waals surface area contributed by atoms with E-state index in [2.05, 4.69) is 26.8 Å². The summed E-state index contributed by atoms with van der Waals surface area (Å²) in [5.41, 5.74) is 3.83. The predicted molar refractivity (Wildman–Crippen MR) is 79.7 cm³/mol. The molecule has 0 saturated carbocycles. The number of thiophene rings is 1. The lowest BCUT2D eigenvalue weighted by Crippen LogP contribution is -2.11. The van der Waals surface area contributed by atoms with Crippen LogP contribution in [0.4, 0.5) is 17.5 Å². The average Bonchev–Trinajstić information content (AvgIpc) is 2.96. The number of aromatic nitrogens is 2. The second-order valence-corrected chi connectivity index (χ2v) is 4.89. The third kappa shape index (κ3) is 2.25. The number of nitrogen functional groups attached to an aromatic ring is 1. The lowest BCUT2D eigenvalue weighted by Gasteiger charge is -2.08. The van der Waals surface area contributed by atoms with Crippen LogP contribution in [0.3, 0.4) is 0 Å². The molecule has 3 rings (SSSR count). The molecule has 0 fully saturated rings. The second-order valence-electron chi connectivity index (χ2n) is 4.00. The first kappa shape index (κ1) is 12.3. The van der Waals surface area contributed by atoms with Gasteiger partial charge in [0.25, 0.3) is 0 Å². The Kier molecular flexibility index (Phi) is 3.16. The molecule has 4 N–H and O–H groups in total. The lowest BCUT2D eigenvalue weighted by molar-refractivity contribution is 1.16. The number of nitrogens with one attached hydrogen (secondary N) is 2. The number of fused-ring (bicyclic) bond motifs is 1. The van der Waals surface area contributed by atoms with E-state index in [0.29, 0.717) is 17.3 Å². The maximum absolute atomic E-state index is 8.92. The normalized spacial score (nSPS) is 10.2. The highest BCUT2D eigenvalue weighted by Crippen LogP contribution is 2.28. The molecule has 2 aromatic heterocycles. The zero-order valence-electron chi connectivity index (χ0n) is 10.3. The summed E-state index contributed by atoms with van der Waals surface area (Å²) in [5.74, 6) is 6.37. The molecule has 0 radical (unpaired) electrons. The standard InChI is InChI=1S/C13H10N6S/c14-7-8-2-1-3-9(6-8)16-11-10-4-5-20-12(10)18-13(17-11)19-15/h1-6H,15H2,(H2,16,17,18,19). The molecule has 98 valence electrons. The molecule has 0 aliphatic rings. The van der Waals surface area contributed by atoms with E-state index >= 15 is 0 Å². The van der Waals surface area contributed by atoms with Crippen LogP contribution in [0.1, 0.15) is 5.56 Å². The maximum Gasteiger partial charge on any atom is 0.240 e. The molecule has 1 aromatic carbocycles. The Hall–Kier alpha value is -2.69. The van der Waals surface area contributed by atoms with E-state index in [0.717, 1.165) is 15.9 Å². The Morgan fingerprint density at radius 3 is 2.95 bits per heavy atom. The van der Waals surface area contributed by atoms with Crippen molar-refractivity contribution in [2.45, 2.75) is 0 Å². The average molecular weight is 282 g/mol. The number of hydrogen-bond acceptors (Lipinski definition) is 7. The topological polar surface area (TPSA) is 99.7 Å². The highest BCUT2D eigenvalue weighted by atomic mass is 32.1. The van der Waals surface area contributed by atoms with Crippen molar-refractivity contribution in [3.8, 4) is 6.07 Å². The molecule has 0 unspecified atom stereocenters. The van der Waals surface area contributed by atoms with E-state index in [-0.39, 0.29) is 0 Å². The number of nitrogens with zero attached hydrogens (tertiary/aromatic N) is 3. The minimum Gasteiger partial charge on any atom is -0.339 e. The summed E-state index contributed by atoms with van der Waals surface area (Å²) in [6, 6.07) is 11.2. The Labute approximate surface area is 118 Å². The molecule has 7 heteroatoms. The number of nitriles is 1. The van der Waals surface area contributed by atoms with Crippen LogP contribution in [-0.4, -0.2) is 9.97 Å². The predicted octanol–water partition coefficient (Wildman–Crippen LogP) is 2.59. The van der Waals surface area contributed by atoms with Gasteiger partial charge in [0.05, 0.1) is 17.0 Å². The van der Waals surface area contributed by atoms with E-state index in [1.807, 2.05) is 23.6 Å². The largest absolute Gasteiger partial charge is 0.339 e. The molecule has 3 aromatic rings. The molecule has 0 aliphatic carbocycles. The summed E-state index contributed by atoms with van der Waals surface area (Å²) in [4.78, 5) is 9.42. The minimum atomic E-state index is 0.346. The van der Waals surface area contributed by atoms with E-state index in [1.165, 1.54) is 11.3 Å². The summed E-state index contributed by atoms with van der Waals surface area (Å²) < 4.78 is 0. The molecule has 0 bridgehead atoms. The van der Waals surface area contributed by atoms with Gasteiger partial charge in [-0.05, 0) is 29.6 Å². The van der Waals surface area contributed by atoms with Gasteiger partial charge in [0.15, 0.2) is 0 Å². The highest BCUT2D eigenvalue weighted by Gasteiger charge is 2.08. The summed E-state index contributed by atoms with van der Waals surface area (Å²) in [7, 11) is 0. The van der Waals surface area contributed by atoms with Gasteiger partial charge in [-0.1, -0.05) is 6.07 Å². The van der Waals surface area contributed by atoms with Crippen LogP contribution in [-0.2, 0) is 0 Å². The van der Waals surface area contributed by atoms with Crippen molar-refractivity contribution < 1.29 is 0 Å². The van der Waals surface area contributed by atoms with Crippen molar-refractivity contribution in [3.05, 3.63) is 41.3 Å². The van der Waals surface area contributed by atoms with Gasteiger partial charge in [-0.15, -0.1) is 11.3 Å². The van der Waals surface area contributed by atoms with Crippen LogP contribution in [0.25, 0.3) is 10.2 Å². The van der Waals surface area contributed by atoms with Crippen LogP contribution in [0.2, 0.25) is 0 Å². The Balaban J connectivity index is 2.05. The van der Waals surface area contributed by atoms with E-state index in [1.54, 1.807) is 12.1 Å². The molecular formula is C13H10N6S. The number of hydrazine groups is 1. The number of rotatable bonds is 3. The van der Waals surface area contributed by atoms with Crippen LogP contribution in [0.5, 0.6) is 0 Å². The first-order valence-corrected chi connectivity index (χ1v) is 6.67. The van der Waals surface area contributed by atoms with Crippen molar-refractivity contribution in [3.63, 3.8) is 0 Å². The van der Waals surface area contributed by atoms with Crippen molar-refractivity contribution in [1.82, 2.24) is 9.97 Å². The van der Waals surface area contributed by atoms with Crippen LogP contribution in [0.15, 0.2) is 35.7 Å². The molecule has 0 amide bonds. The van der Waals surface area contributed by atoms with Gasteiger partial charge in [-0.3, -0.25) is 5.43 Å². The second kappa shape index (κ2) is 5.13. The Morgan fingerprint density at radius 1 is 1.25 bits per heavy atom. The number of hydrogen-bond donors (Lipinski definition) is 3. The number of anilines is 3. The van der Waals surface area contributed by atoms with Gasteiger partial charge in [-0.25, -0.2) is 10.8 Å². The molecule has 2 heterocycles. The van der Waals surface area contributed by atoms with Gasteiger partial charge in [-0.2, -0.15) is 10.2 Å². The van der Waals surface area contributed by atoms with Gasteiger partial charge < -0.3 is 5.32 Å². The van der Waals surface area contributed by atoms with E-state index < -0.39 is 0 Å². The molecule has 0 aliphatic heterocycles. The maximum atomic E-state index is 8.92. The summed E-state index contributed by atoms with van der Waals surface area (Å²) in [6.45, 7) is 0. The van der Waals surface area contributed by atoms with E-state index in [9.17, 15) is 0 Å². The third-order valence-electron chi connectivity index (χ3n) is 2.71. The number of benzene rings is 1. The van der Waals surface area contributed by atoms with Crippen LogP contribution >= 0.6 is 11.3 Å². The molecule has 20 heavy (non-hydrogen) atoms. The fourth-order valence-electron chi connectivity index (χ4n) is 1.82. The molecule has 0 saturated heterocycles. The summed E-state index contributed by atoms with van der Waals surface area (Å²) in [5, 5.41) is 15.0. The van der Waals surface area contributed by atoms with Gasteiger partial charge in [0.1, 0.15) is 10.6 Å². The van der Waals surface area contributed by atoms with Crippen molar-refractivity contribution in [2.24, 2.45) is 5.84 Å². The van der Waals surface area contributed by atoms with Crippen molar-refractivity contribution in [2.75, 3.05) is 10.7 Å². The fourth-order valence-corrected chi connectivity index (χ4v) is 2.58. The Morgan fingerprint density at radius 2 is 2.15 bits per heavy atom. The van der Waals surface area contributed by atoms with Crippen molar-refractivity contribution in [1.29, 1.82) is 5.26 Å². The van der Waals surface area contributed by atoms with Crippen molar-refractivity contribution >= 4 is 39.0 Å². The first-order valence-electron chi connectivity index (χ1n) is 5.79. The van der Waals surface area contributed by atoms with Gasteiger partial charge >= 0.3 is 0 Å². The first-order chi connectivity index (χ1) is 9.80. The zero-order chi connectivity index (χ0) is 13.9. The van der Waals surface area contributed by atoms with Gasteiger partial charge in [0, 0.05) is 5.69 Å². The van der Waals surface area contributed by atoms with Crippen LogP contribution < -0.4 is 16.6 Å². The Bertz CT molecular complexity index is 804. The lowest BCUT2D eigenvalue weighted by atomic mass is 10.2. The van der Waals surface area contributed by atoms with Gasteiger partial charge in [0.2, 0.25) is 5.95 Å². The van der Waals surface area contributed by atoms with E-state index in [4.69, 9.17) is 11.1 Å². The SMILES string of the molecule is N#Cc1cccc(Nc2nc(NN)nc3sccc23)c1. The third-order valence-corrected chi connectivity index (χ3v) is 3.52. The fraction of sp³-hybridized carbons (Fsp3) is 0. The minimum absolute atomic E-state index is 0.346.